The zero-order valence-electron chi connectivity index (χ0n) is 16.9. The molecule has 0 aliphatic rings. The number of aliphatic hydroxyl groups excluding tert-OH is 1. The Bertz CT molecular complexity index is 966. The number of halogens is 1. The van der Waals surface area contributed by atoms with Crippen molar-refractivity contribution in [3.63, 3.8) is 0 Å². The molecule has 2 aromatic carbocycles. The number of benzene rings is 2. The van der Waals surface area contributed by atoms with Gasteiger partial charge in [-0.25, -0.2) is 10.8 Å². The topological polar surface area (TPSA) is 114 Å². The summed E-state index contributed by atoms with van der Waals surface area (Å²) in [6, 6.07) is 15.8. The van der Waals surface area contributed by atoms with E-state index >= 15 is 0 Å². The van der Waals surface area contributed by atoms with Crippen LogP contribution in [-0.2, 0) is 13.2 Å². The smallest absolute Gasteiger partial charge is 0.167 e. The first-order valence-corrected chi connectivity index (χ1v) is 9.72. The molecule has 1 heterocycles. The standard InChI is InChI=1S/C19H21ClN6O.C2H6/c1-12-23-18(20)17(11-27)26(12)10-13-6-8-14(9-7-13)15-4-2-3-5-16(15)19(24-21)25-22;1-2/h2-9,27H,10-11,21-22H2,1H3,(H,24,25);1-2H3. The predicted octanol–water partition coefficient (Wildman–Crippen LogP) is 3.16. The Hall–Kier alpha value is -2.87. The van der Waals surface area contributed by atoms with Gasteiger partial charge in [0.2, 0.25) is 0 Å². The average Bonchev–Trinajstić information content (AvgIpc) is 3.03. The van der Waals surface area contributed by atoms with E-state index in [1.807, 2.05) is 73.9 Å². The van der Waals surface area contributed by atoms with E-state index in [4.69, 9.17) is 23.3 Å². The summed E-state index contributed by atoms with van der Waals surface area (Å²) in [7, 11) is 0. The van der Waals surface area contributed by atoms with Gasteiger partial charge in [0.1, 0.15) is 5.82 Å². The molecule has 7 nitrogen and oxygen atoms in total. The number of imidazole rings is 1. The number of hydrazone groups is 1. The van der Waals surface area contributed by atoms with Crippen molar-refractivity contribution in [3.05, 3.63) is 76.3 Å². The minimum atomic E-state index is -0.154. The zero-order chi connectivity index (χ0) is 21.4. The van der Waals surface area contributed by atoms with Gasteiger partial charge in [0.25, 0.3) is 0 Å². The fourth-order valence-corrected chi connectivity index (χ4v) is 3.32. The van der Waals surface area contributed by atoms with Gasteiger partial charge in [-0.2, -0.15) is 5.10 Å². The minimum absolute atomic E-state index is 0.154. The number of nitrogens with one attached hydrogen (secondary N) is 1. The van der Waals surface area contributed by atoms with Crippen LogP contribution in [-0.4, -0.2) is 20.5 Å². The van der Waals surface area contributed by atoms with Crippen molar-refractivity contribution < 1.29 is 5.11 Å². The first-order chi connectivity index (χ1) is 14.1. The number of hydrogen-bond donors (Lipinski definition) is 4. The maximum atomic E-state index is 9.53. The molecule has 0 aliphatic carbocycles. The molecule has 8 heteroatoms. The van der Waals surface area contributed by atoms with E-state index in [2.05, 4.69) is 15.5 Å². The largest absolute Gasteiger partial charge is 0.390 e. The molecule has 3 rings (SSSR count). The van der Waals surface area contributed by atoms with E-state index in [1.54, 1.807) is 0 Å². The number of hydrogen-bond acceptors (Lipinski definition) is 5. The highest BCUT2D eigenvalue weighted by molar-refractivity contribution is 6.30. The summed E-state index contributed by atoms with van der Waals surface area (Å²) in [6.07, 6.45) is 0. The van der Waals surface area contributed by atoms with E-state index in [-0.39, 0.29) is 6.61 Å². The Labute approximate surface area is 176 Å². The molecule has 0 fully saturated rings. The predicted molar refractivity (Wildman–Crippen MR) is 118 cm³/mol. The molecule has 3 aromatic rings. The quantitative estimate of drug-likeness (QED) is 0.221. The normalized spacial score (nSPS) is 11.0. The lowest BCUT2D eigenvalue weighted by Crippen LogP contribution is -2.32. The second-order valence-corrected chi connectivity index (χ2v) is 6.36. The Morgan fingerprint density at radius 1 is 1.17 bits per heavy atom. The van der Waals surface area contributed by atoms with Crippen molar-refractivity contribution in [2.75, 3.05) is 0 Å². The number of aliphatic hydroxyl groups is 1. The maximum Gasteiger partial charge on any atom is 0.167 e. The SMILES string of the molecule is CC.Cc1nc(Cl)c(CO)n1Cc1ccc(-c2ccccc2/C(=N/N)NN)cc1. The van der Waals surface area contributed by atoms with Gasteiger partial charge in [-0.15, -0.1) is 0 Å². The number of rotatable bonds is 5. The van der Waals surface area contributed by atoms with Gasteiger partial charge in [0.05, 0.1) is 12.3 Å². The van der Waals surface area contributed by atoms with Gasteiger partial charge in [-0.1, -0.05) is 74.0 Å². The van der Waals surface area contributed by atoms with Crippen LogP contribution in [0.5, 0.6) is 0 Å². The Balaban J connectivity index is 0.00000145. The number of nitrogens with two attached hydrogens (primary N) is 2. The fourth-order valence-electron chi connectivity index (χ4n) is 3.03. The van der Waals surface area contributed by atoms with Crippen molar-refractivity contribution in [1.29, 1.82) is 0 Å². The highest BCUT2D eigenvalue weighted by atomic mass is 35.5. The van der Waals surface area contributed by atoms with Crippen LogP contribution in [0.25, 0.3) is 11.1 Å². The van der Waals surface area contributed by atoms with Crippen LogP contribution >= 0.6 is 11.6 Å². The van der Waals surface area contributed by atoms with Gasteiger partial charge < -0.3 is 20.9 Å². The van der Waals surface area contributed by atoms with E-state index in [9.17, 15) is 5.11 Å². The van der Waals surface area contributed by atoms with Crippen LogP contribution in [0.2, 0.25) is 5.15 Å². The van der Waals surface area contributed by atoms with Gasteiger partial charge in [0, 0.05) is 12.1 Å². The zero-order valence-corrected chi connectivity index (χ0v) is 17.6. The summed E-state index contributed by atoms with van der Waals surface area (Å²) in [4.78, 5) is 4.22. The second-order valence-electron chi connectivity index (χ2n) is 6.01. The number of aryl methyl sites for hydroxylation is 1. The molecule has 0 unspecified atom stereocenters. The molecule has 0 saturated carbocycles. The van der Waals surface area contributed by atoms with Gasteiger partial charge >= 0.3 is 0 Å². The van der Waals surface area contributed by atoms with Crippen LogP contribution in [0.1, 0.15) is 36.5 Å². The lowest BCUT2D eigenvalue weighted by molar-refractivity contribution is 0.271. The molecule has 0 saturated heterocycles. The molecule has 1 aromatic heterocycles. The average molecular weight is 415 g/mol. The van der Waals surface area contributed by atoms with E-state index in [1.165, 1.54) is 0 Å². The van der Waals surface area contributed by atoms with Crippen molar-refractivity contribution >= 4 is 17.4 Å². The number of aromatic nitrogens is 2. The molecule has 0 aliphatic heterocycles. The van der Waals surface area contributed by atoms with Crippen LogP contribution < -0.4 is 17.1 Å². The summed E-state index contributed by atoms with van der Waals surface area (Å²) in [5, 5.41) is 13.6. The van der Waals surface area contributed by atoms with Crippen LogP contribution in [0.4, 0.5) is 0 Å². The highest BCUT2D eigenvalue weighted by Crippen LogP contribution is 2.25. The van der Waals surface area contributed by atoms with Crippen LogP contribution in [0.3, 0.4) is 0 Å². The lowest BCUT2D eigenvalue weighted by Gasteiger charge is -2.13. The van der Waals surface area contributed by atoms with Gasteiger partial charge in [0.15, 0.2) is 11.0 Å². The van der Waals surface area contributed by atoms with Crippen molar-refractivity contribution in [3.8, 4) is 11.1 Å². The summed E-state index contributed by atoms with van der Waals surface area (Å²) in [6.45, 7) is 6.28. The van der Waals surface area contributed by atoms with Crippen molar-refractivity contribution in [2.45, 2.75) is 33.9 Å². The third-order valence-electron chi connectivity index (χ3n) is 4.42. The first kappa shape index (κ1) is 22.4. The summed E-state index contributed by atoms with van der Waals surface area (Å²) < 4.78 is 1.91. The molecule has 6 N–H and O–H groups in total. The molecule has 0 radical (unpaired) electrons. The maximum absolute atomic E-state index is 9.53. The monoisotopic (exact) mass is 414 g/mol. The van der Waals surface area contributed by atoms with E-state index in [0.717, 1.165) is 28.1 Å². The highest BCUT2D eigenvalue weighted by Gasteiger charge is 2.13. The summed E-state index contributed by atoms with van der Waals surface area (Å²) in [5.74, 6) is 12.1. The fraction of sp³-hybridized carbons (Fsp3) is 0.238. The molecule has 0 atom stereocenters. The van der Waals surface area contributed by atoms with E-state index < -0.39 is 0 Å². The molecule has 154 valence electrons. The van der Waals surface area contributed by atoms with Gasteiger partial charge in [-0.05, 0) is 23.6 Å². The number of hydrazine groups is 1. The number of amidine groups is 1. The Kier molecular flexibility index (Phi) is 8.21. The van der Waals surface area contributed by atoms with Gasteiger partial charge in [-0.3, -0.25) is 0 Å². The van der Waals surface area contributed by atoms with Crippen LogP contribution in [0.15, 0.2) is 53.6 Å². The molecule has 0 bridgehead atoms. The molecular weight excluding hydrogens is 388 g/mol. The minimum Gasteiger partial charge on any atom is -0.390 e. The second kappa shape index (κ2) is 10.6. The number of nitrogens with zero attached hydrogens (tertiary/aromatic N) is 3. The summed E-state index contributed by atoms with van der Waals surface area (Å²) >= 11 is 6.07. The first-order valence-electron chi connectivity index (χ1n) is 9.34. The van der Waals surface area contributed by atoms with E-state index in [0.29, 0.717) is 23.2 Å². The Morgan fingerprint density at radius 2 is 1.83 bits per heavy atom. The third kappa shape index (κ3) is 4.95. The molecule has 0 amide bonds. The summed E-state index contributed by atoms with van der Waals surface area (Å²) in [5.41, 5.74) is 6.98. The molecule has 29 heavy (non-hydrogen) atoms. The van der Waals surface area contributed by atoms with Crippen molar-refractivity contribution in [1.82, 2.24) is 15.0 Å². The van der Waals surface area contributed by atoms with Crippen molar-refractivity contribution in [2.24, 2.45) is 16.8 Å². The Morgan fingerprint density at radius 3 is 2.41 bits per heavy atom. The third-order valence-corrected chi connectivity index (χ3v) is 4.72. The molecule has 0 spiro atoms. The van der Waals surface area contributed by atoms with Crippen LogP contribution in [0, 0.1) is 6.92 Å². The molecular formula is C21H27ClN6O. The lowest BCUT2D eigenvalue weighted by atomic mass is 9.98.